The zero-order chi connectivity index (χ0) is 20.4. The summed E-state index contributed by atoms with van der Waals surface area (Å²) in [5, 5.41) is 0. The SMILES string of the molecule is CN(C)CCN(C)c1cnc2ccc(C(=O)c3c(F)ccc(F)c3F)cc2n1. The lowest BCUT2D eigenvalue weighted by Crippen LogP contribution is -2.29. The van der Waals surface area contributed by atoms with E-state index in [1.165, 1.54) is 18.2 Å². The summed E-state index contributed by atoms with van der Waals surface area (Å²) in [6, 6.07) is 5.69. The zero-order valence-corrected chi connectivity index (χ0v) is 15.7. The molecule has 0 amide bonds. The molecule has 1 heterocycles. The number of benzene rings is 2. The number of aromatic nitrogens is 2. The van der Waals surface area contributed by atoms with Crippen LogP contribution in [-0.2, 0) is 0 Å². The molecule has 0 aliphatic heterocycles. The van der Waals surface area contributed by atoms with Crippen LogP contribution in [-0.4, -0.2) is 54.9 Å². The number of fused-ring (bicyclic) bond motifs is 1. The largest absolute Gasteiger partial charge is 0.357 e. The summed E-state index contributed by atoms with van der Waals surface area (Å²) in [7, 11) is 5.79. The normalized spacial score (nSPS) is 11.2. The van der Waals surface area contributed by atoms with Crippen molar-refractivity contribution in [3.8, 4) is 0 Å². The first-order valence-corrected chi connectivity index (χ1v) is 8.59. The number of halogens is 3. The van der Waals surface area contributed by atoms with Crippen molar-refractivity contribution in [2.45, 2.75) is 0 Å². The van der Waals surface area contributed by atoms with Crippen molar-refractivity contribution < 1.29 is 18.0 Å². The number of hydrogen-bond acceptors (Lipinski definition) is 5. The first kappa shape index (κ1) is 19.8. The molecule has 3 aromatic rings. The van der Waals surface area contributed by atoms with Gasteiger partial charge in [-0.1, -0.05) is 0 Å². The molecule has 0 saturated carbocycles. The molecule has 28 heavy (non-hydrogen) atoms. The van der Waals surface area contributed by atoms with Crippen LogP contribution in [0.3, 0.4) is 0 Å². The number of hydrogen-bond donors (Lipinski definition) is 0. The molecule has 0 fully saturated rings. The lowest BCUT2D eigenvalue weighted by molar-refractivity contribution is 0.103. The molecule has 0 radical (unpaired) electrons. The second-order valence-electron chi connectivity index (χ2n) is 6.70. The minimum absolute atomic E-state index is 0.00158. The Labute approximate surface area is 160 Å². The quantitative estimate of drug-likeness (QED) is 0.479. The first-order chi connectivity index (χ1) is 13.3. The average molecular weight is 388 g/mol. The van der Waals surface area contributed by atoms with E-state index in [-0.39, 0.29) is 5.56 Å². The first-order valence-electron chi connectivity index (χ1n) is 8.59. The van der Waals surface area contributed by atoms with Crippen LogP contribution in [0.4, 0.5) is 19.0 Å². The fraction of sp³-hybridized carbons (Fsp3) is 0.250. The molecule has 2 aromatic carbocycles. The molecule has 0 N–H and O–H groups in total. The smallest absolute Gasteiger partial charge is 0.199 e. The van der Waals surface area contributed by atoms with Gasteiger partial charge in [0, 0.05) is 25.7 Å². The fourth-order valence-corrected chi connectivity index (χ4v) is 2.67. The van der Waals surface area contributed by atoms with Crippen molar-refractivity contribution in [3.05, 3.63) is 65.1 Å². The van der Waals surface area contributed by atoms with E-state index in [2.05, 4.69) is 9.97 Å². The Morgan fingerprint density at radius 3 is 2.39 bits per heavy atom. The highest BCUT2D eigenvalue weighted by atomic mass is 19.2. The molecule has 5 nitrogen and oxygen atoms in total. The summed E-state index contributed by atoms with van der Waals surface area (Å²) in [5.74, 6) is -4.26. The van der Waals surface area contributed by atoms with Gasteiger partial charge in [-0.15, -0.1) is 0 Å². The van der Waals surface area contributed by atoms with Gasteiger partial charge in [-0.3, -0.25) is 9.78 Å². The molecule has 0 aliphatic rings. The van der Waals surface area contributed by atoms with Crippen LogP contribution in [0.1, 0.15) is 15.9 Å². The van der Waals surface area contributed by atoms with Gasteiger partial charge in [0.15, 0.2) is 17.4 Å². The third-order valence-electron chi connectivity index (χ3n) is 4.34. The van der Waals surface area contributed by atoms with Crippen LogP contribution in [0.2, 0.25) is 0 Å². The maximum Gasteiger partial charge on any atom is 0.199 e. The Bertz CT molecular complexity index is 1040. The Morgan fingerprint density at radius 1 is 0.964 bits per heavy atom. The van der Waals surface area contributed by atoms with Crippen molar-refractivity contribution in [2.24, 2.45) is 0 Å². The molecular formula is C20H19F3N4O. The van der Waals surface area contributed by atoms with Crippen LogP contribution in [0.5, 0.6) is 0 Å². The second-order valence-corrected chi connectivity index (χ2v) is 6.70. The van der Waals surface area contributed by atoms with Crippen molar-refractivity contribution in [1.82, 2.24) is 14.9 Å². The van der Waals surface area contributed by atoms with Crippen LogP contribution < -0.4 is 4.90 Å². The molecule has 0 unspecified atom stereocenters. The number of likely N-dealkylation sites (N-methyl/N-ethyl adjacent to an activating group) is 2. The van der Waals surface area contributed by atoms with Crippen LogP contribution >= 0.6 is 0 Å². The number of carbonyl (C=O) groups excluding carboxylic acids is 1. The molecule has 1 aromatic heterocycles. The van der Waals surface area contributed by atoms with Crippen LogP contribution in [0, 0.1) is 17.5 Å². The summed E-state index contributed by atoms with van der Waals surface area (Å²) < 4.78 is 41.3. The summed E-state index contributed by atoms with van der Waals surface area (Å²) in [6.45, 7) is 1.53. The predicted molar refractivity (Wildman–Crippen MR) is 101 cm³/mol. The van der Waals surface area contributed by atoms with Crippen LogP contribution in [0.15, 0.2) is 36.5 Å². The van der Waals surface area contributed by atoms with E-state index >= 15 is 0 Å². The predicted octanol–water partition coefficient (Wildman–Crippen LogP) is 3.28. The lowest BCUT2D eigenvalue weighted by Gasteiger charge is -2.20. The van der Waals surface area contributed by atoms with E-state index in [0.29, 0.717) is 29.5 Å². The Hall–Kier alpha value is -3.00. The van der Waals surface area contributed by atoms with Crippen LogP contribution in [0.25, 0.3) is 11.0 Å². The molecule has 0 aliphatic carbocycles. The van der Waals surface area contributed by atoms with Gasteiger partial charge in [-0.25, -0.2) is 18.2 Å². The van der Waals surface area contributed by atoms with Gasteiger partial charge in [0.2, 0.25) is 0 Å². The molecule has 0 spiro atoms. The highest BCUT2D eigenvalue weighted by molar-refractivity contribution is 6.10. The fourth-order valence-electron chi connectivity index (χ4n) is 2.67. The molecule has 0 bridgehead atoms. The van der Waals surface area contributed by atoms with Gasteiger partial charge in [0.25, 0.3) is 0 Å². The topological polar surface area (TPSA) is 49.3 Å². The van der Waals surface area contributed by atoms with Crippen molar-refractivity contribution in [2.75, 3.05) is 39.1 Å². The number of ketones is 1. The van der Waals surface area contributed by atoms with E-state index in [4.69, 9.17) is 0 Å². The second kappa shape index (κ2) is 7.93. The third kappa shape index (κ3) is 3.96. The molecule has 146 valence electrons. The Balaban J connectivity index is 1.97. The maximum absolute atomic E-state index is 14.0. The lowest BCUT2D eigenvalue weighted by atomic mass is 10.0. The minimum atomic E-state index is -1.51. The molecule has 3 rings (SSSR count). The monoisotopic (exact) mass is 388 g/mol. The summed E-state index contributed by atoms with van der Waals surface area (Å²) in [6.07, 6.45) is 1.62. The van der Waals surface area contributed by atoms with Gasteiger partial charge in [0.1, 0.15) is 11.6 Å². The molecule has 8 heteroatoms. The van der Waals surface area contributed by atoms with Crippen molar-refractivity contribution >= 4 is 22.6 Å². The van der Waals surface area contributed by atoms with Gasteiger partial charge >= 0.3 is 0 Å². The van der Waals surface area contributed by atoms with E-state index in [1.54, 1.807) is 6.20 Å². The third-order valence-corrected chi connectivity index (χ3v) is 4.34. The number of anilines is 1. The summed E-state index contributed by atoms with van der Waals surface area (Å²) in [4.78, 5) is 25.3. The highest BCUT2D eigenvalue weighted by Crippen LogP contribution is 2.22. The summed E-state index contributed by atoms with van der Waals surface area (Å²) >= 11 is 0. The average Bonchev–Trinajstić information content (AvgIpc) is 2.68. The molecular weight excluding hydrogens is 369 g/mol. The summed E-state index contributed by atoms with van der Waals surface area (Å²) in [5.41, 5.74) is 0.00336. The number of rotatable bonds is 6. The number of nitrogens with zero attached hydrogens (tertiary/aromatic N) is 4. The Morgan fingerprint density at radius 2 is 1.68 bits per heavy atom. The maximum atomic E-state index is 14.0. The number of carbonyl (C=O) groups is 1. The highest BCUT2D eigenvalue weighted by Gasteiger charge is 2.22. The van der Waals surface area contributed by atoms with E-state index in [9.17, 15) is 18.0 Å². The van der Waals surface area contributed by atoms with E-state index < -0.39 is 28.8 Å². The van der Waals surface area contributed by atoms with Crippen molar-refractivity contribution in [3.63, 3.8) is 0 Å². The van der Waals surface area contributed by atoms with Gasteiger partial charge in [-0.05, 0) is 44.4 Å². The molecule has 0 atom stereocenters. The van der Waals surface area contributed by atoms with Gasteiger partial charge in [-0.2, -0.15) is 0 Å². The standard InChI is InChI=1S/C20H19F3N4O/c1-26(2)8-9-27(3)17-11-24-15-7-4-12(10-16(15)25-17)20(28)18-13(21)5-6-14(22)19(18)23/h4-7,10-11H,8-9H2,1-3H3. The van der Waals surface area contributed by atoms with Gasteiger partial charge in [0.05, 0.1) is 22.8 Å². The van der Waals surface area contributed by atoms with E-state index in [0.717, 1.165) is 12.6 Å². The van der Waals surface area contributed by atoms with E-state index in [1.807, 2.05) is 30.9 Å². The minimum Gasteiger partial charge on any atom is -0.357 e. The zero-order valence-electron chi connectivity index (χ0n) is 15.7. The van der Waals surface area contributed by atoms with Gasteiger partial charge < -0.3 is 9.80 Å². The van der Waals surface area contributed by atoms with Crippen molar-refractivity contribution in [1.29, 1.82) is 0 Å². The molecule has 0 saturated heterocycles. The Kier molecular flexibility index (Phi) is 5.60.